The summed E-state index contributed by atoms with van der Waals surface area (Å²) in [5.41, 5.74) is 6.99. The van der Waals surface area contributed by atoms with Crippen LogP contribution in [0.2, 0.25) is 0 Å². The van der Waals surface area contributed by atoms with E-state index in [1.807, 2.05) is 24.4 Å². The van der Waals surface area contributed by atoms with Gasteiger partial charge in [0.05, 0.1) is 23.7 Å². The molecule has 2 aromatic carbocycles. The van der Waals surface area contributed by atoms with Gasteiger partial charge in [-0.05, 0) is 92.5 Å². The van der Waals surface area contributed by atoms with Gasteiger partial charge in [0.15, 0.2) is 0 Å². The average Bonchev–Trinajstić information content (AvgIpc) is 4.01. The second-order valence-corrected chi connectivity index (χ2v) is 18.5. The molecule has 0 unspecified atom stereocenters. The monoisotopic (exact) mass is 876 g/mol. The number of hydrogen-bond acceptors (Lipinski definition) is 11. The van der Waals surface area contributed by atoms with Crippen LogP contribution in [-0.4, -0.2) is 122 Å². The molecule has 1 atom stereocenters. The Morgan fingerprint density at radius 1 is 0.828 bits per heavy atom. The summed E-state index contributed by atoms with van der Waals surface area (Å²) in [5, 5.41) is 17.1. The smallest absolute Gasteiger partial charge is 0.329 e. The fourth-order valence-corrected chi connectivity index (χ4v) is 9.81. The number of hydrogen-bond donors (Lipinski definition) is 3. The molecule has 2 aliphatic carbocycles. The largest absolute Gasteiger partial charge is 0.393 e. The third-order valence-corrected chi connectivity index (χ3v) is 13.9. The van der Waals surface area contributed by atoms with Crippen LogP contribution in [0.3, 0.4) is 0 Å². The highest BCUT2D eigenvalue weighted by atomic mass is 16.5. The van der Waals surface area contributed by atoms with Gasteiger partial charge in [0.1, 0.15) is 11.7 Å². The predicted octanol–water partition coefficient (Wildman–Crippen LogP) is 5.59. The molecule has 15 nitrogen and oxygen atoms in total. The van der Waals surface area contributed by atoms with Crippen LogP contribution in [0.4, 0.5) is 5.95 Å². The van der Waals surface area contributed by atoms with Crippen LogP contribution in [-0.2, 0) is 39.1 Å². The van der Waals surface area contributed by atoms with E-state index in [9.17, 15) is 19.5 Å². The number of piperazine rings is 1. The van der Waals surface area contributed by atoms with Gasteiger partial charge in [0, 0.05) is 108 Å². The number of fused-ring (bicyclic) bond motifs is 2. The van der Waals surface area contributed by atoms with Crippen molar-refractivity contribution in [3.63, 3.8) is 0 Å². The molecule has 3 N–H and O–H groups in total. The zero-order chi connectivity index (χ0) is 44.0. The van der Waals surface area contributed by atoms with E-state index < -0.39 is 11.9 Å². The van der Waals surface area contributed by atoms with Gasteiger partial charge in [-0.1, -0.05) is 43.2 Å². The van der Waals surface area contributed by atoms with Crippen molar-refractivity contribution in [2.45, 2.75) is 102 Å². The lowest BCUT2D eigenvalue weighted by Gasteiger charge is -2.34. The summed E-state index contributed by atoms with van der Waals surface area (Å²) in [4.78, 5) is 52.0. The first-order valence-electron chi connectivity index (χ1n) is 23.8. The van der Waals surface area contributed by atoms with Gasteiger partial charge in [-0.2, -0.15) is 4.98 Å². The standard InChI is InChI=1S/C49H65N9O6/c1-54-44-30-35(9-16-42(44)58(49(54)62)43-17-18-45(60)52-47(43)61)4-2-26-63-27-3-28-64-29-25-55-21-23-56(24-22-55)32-36-7-10-37(11-8-36)41-33-57(38-12-14-39(59)15-13-38)46-40(41)31-51-48(53-46)50-20-19-34-5-6-34/h7-11,16,30-31,33-34,38-39,43,59H,2-6,12-15,17-29,32H2,1H3,(H,50,51,53)(H,52,60,61)/t38?,39?,43-/m0/s1. The summed E-state index contributed by atoms with van der Waals surface area (Å²) in [5.74, 6) is 0.851. The molecule has 2 saturated heterocycles. The lowest BCUT2D eigenvalue weighted by atomic mass is 9.93. The van der Waals surface area contributed by atoms with E-state index in [4.69, 9.17) is 19.4 Å². The number of aromatic nitrogens is 5. The van der Waals surface area contributed by atoms with Gasteiger partial charge >= 0.3 is 5.69 Å². The first kappa shape index (κ1) is 44.3. The minimum absolute atomic E-state index is 0.196. The molecule has 342 valence electrons. The molecule has 0 radical (unpaired) electrons. The molecular formula is C49H65N9O6. The molecule has 64 heavy (non-hydrogen) atoms. The van der Waals surface area contributed by atoms with Gasteiger partial charge in [-0.15, -0.1) is 0 Å². The van der Waals surface area contributed by atoms with Crippen LogP contribution in [0.5, 0.6) is 0 Å². The van der Waals surface area contributed by atoms with E-state index in [0.29, 0.717) is 43.7 Å². The van der Waals surface area contributed by atoms with E-state index in [2.05, 4.69) is 55.5 Å². The Morgan fingerprint density at radius 3 is 2.33 bits per heavy atom. The number of imidazole rings is 1. The Bertz CT molecular complexity index is 2440. The highest BCUT2D eigenvalue weighted by Gasteiger charge is 2.31. The average molecular weight is 876 g/mol. The number of ether oxygens (including phenoxy) is 2. The lowest BCUT2D eigenvalue weighted by molar-refractivity contribution is -0.135. The fourth-order valence-electron chi connectivity index (χ4n) is 9.81. The first-order chi connectivity index (χ1) is 31.3. The van der Waals surface area contributed by atoms with Crippen molar-refractivity contribution in [2.75, 3.05) is 71.0 Å². The van der Waals surface area contributed by atoms with Crippen LogP contribution >= 0.6 is 0 Å². The molecule has 3 aromatic heterocycles. The Balaban J connectivity index is 0.662. The molecule has 15 heteroatoms. The van der Waals surface area contributed by atoms with E-state index in [1.165, 1.54) is 40.5 Å². The molecule has 2 saturated carbocycles. The number of carbonyl (C=O) groups is 2. The number of aliphatic hydroxyl groups excluding tert-OH is 1. The van der Waals surface area contributed by atoms with Crippen LogP contribution in [0.1, 0.15) is 93.8 Å². The van der Waals surface area contributed by atoms with E-state index in [-0.39, 0.29) is 24.1 Å². The van der Waals surface area contributed by atoms with E-state index in [1.54, 1.807) is 11.6 Å². The highest BCUT2D eigenvalue weighted by Crippen LogP contribution is 2.37. The van der Waals surface area contributed by atoms with E-state index in [0.717, 1.165) is 125 Å². The van der Waals surface area contributed by atoms with Crippen molar-refractivity contribution in [3.05, 3.63) is 76.5 Å². The van der Waals surface area contributed by atoms with E-state index >= 15 is 0 Å². The molecule has 2 aliphatic heterocycles. The summed E-state index contributed by atoms with van der Waals surface area (Å²) in [7, 11) is 1.72. The summed E-state index contributed by atoms with van der Waals surface area (Å²) < 4.78 is 17.3. The van der Waals surface area contributed by atoms with Crippen molar-refractivity contribution < 1.29 is 24.2 Å². The second-order valence-electron chi connectivity index (χ2n) is 18.5. The minimum Gasteiger partial charge on any atom is -0.393 e. The summed E-state index contributed by atoms with van der Waals surface area (Å²) in [6, 6.07) is 14.6. The molecule has 2 amide bonds. The molecule has 9 rings (SSSR count). The number of aryl methyl sites for hydroxylation is 2. The van der Waals surface area contributed by atoms with Crippen molar-refractivity contribution in [2.24, 2.45) is 13.0 Å². The Labute approximate surface area is 375 Å². The molecule has 5 heterocycles. The van der Waals surface area contributed by atoms with Crippen LogP contribution in [0.15, 0.2) is 59.7 Å². The number of benzene rings is 2. The number of anilines is 1. The first-order valence-corrected chi connectivity index (χ1v) is 23.8. The van der Waals surface area contributed by atoms with Crippen LogP contribution in [0, 0.1) is 5.92 Å². The Kier molecular flexibility index (Phi) is 14.2. The van der Waals surface area contributed by atoms with Crippen LogP contribution in [0.25, 0.3) is 33.2 Å². The van der Waals surface area contributed by atoms with Crippen molar-refractivity contribution in [1.29, 1.82) is 0 Å². The third kappa shape index (κ3) is 10.6. The maximum absolute atomic E-state index is 13.1. The lowest BCUT2D eigenvalue weighted by Crippen LogP contribution is -2.46. The zero-order valence-electron chi connectivity index (χ0n) is 37.4. The van der Waals surface area contributed by atoms with Crippen LogP contribution < -0.4 is 16.3 Å². The third-order valence-electron chi connectivity index (χ3n) is 13.9. The van der Waals surface area contributed by atoms with Gasteiger partial charge in [-0.25, -0.2) is 9.78 Å². The van der Waals surface area contributed by atoms with Crippen molar-refractivity contribution >= 4 is 39.8 Å². The maximum atomic E-state index is 13.1. The number of carbonyl (C=O) groups excluding carboxylic acids is 2. The SMILES string of the molecule is Cn1c(=O)n([C@H]2CCC(=O)NC2=O)c2ccc(CCCOCCCOCCN3CCN(Cc4ccc(-c5cn(C6CCC(O)CC6)c6nc(NCCC7CC7)ncc56)cc4)CC3)cc21. The summed E-state index contributed by atoms with van der Waals surface area (Å²) >= 11 is 0. The maximum Gasteiger partial charge on any atom is 0.329 e. The highest BCUT2D eigenvalue weighted by molar-refractivity contribution is 6.00. The van der Waals surface area contributed by atoms with Gasteiger partial charge in [0.25, 0.3) is 0 Å². The zero-order valence-corrected chi connectivity index (χ0v) is 37.4. The topological polar surface area (TPSA) is 161 Å². The second kappa shape index (κ2) is 20.5. The molecule has 4 aliphatic rings. The summed E-state index contributed by atoms with van der Waals surface area (Å²) in [6.45, 7) is 9.64. The number of nitrogens with zero attached hydrogens (tertiary/aromatic N) is 7. The molecule has 4 fully saturated rings. The fraction of sp³-hybridized carbons (Fsp3) is 0.571. The molecule has 5 aromatic rings. The quantitative estimate of drug-likeness (QED) is 0.0661. The molecule has 0 bridgehead atoms. The Hall–Kier alpha value is -4.93. The Morgan fingerprint density at radius 2 is 1.56 bits per heavy atom. The minimum atomic E-state index is -0.678. The number of imide groups is 1. The normalized spacial score (nSPS) is 21.2. The van der Waals surface area contributed by atoms with Gasteiger partial charge in [0.2, 0.25) is 17.8 Å². The number of amides is 2. The molecular weight excluding hydrogens is 811 g/mol. The number of rotatable bonds is 20. The number of piperidine rings is 1. The number of aliphatic hydroxyl groups is 1. The summed E-state index contributed by atoms with van der Waals surface area (Å²) in [6.07, 6.45) is 14.6. The van der Waals surface area contributed by atoms with Crippen molar-refractivity contribution in [3.8, 4) is 11.1 Å². The van der Waals surface area contributed by atoms with Crippen molar-refractivity contribution in [1.82, 2.24) is 38.8 Å². The molecule has 0 spiro atoms. The predicted molar refractivity (Wildman–Crippen MR) is 247 cm³/mol. The van der Waals surface area contributed by atoms with Gasteiger partial charge < -0.3 is 24.5 Å². The van der Waals surface area contributed by atoms with Gasteiger partial charge in [-0.3, -0.25) is 33.8 Å². The number of nitrogens with one attached hydrogen (secondary N) is 2.